The number of hydrogen-bond donors (Lipinski definition) is 2. The lowest BCUT2D eigenvalue weighted by Crippen LogP contribution is -2.16. The Bertz CT molecular complexity index is 914. The van der Waals surface area contributed by atoms with Gasteiger partial charge >= 0.3 is 5.97 Å². The molecule has 2 N–H and O–H groups in total. The molecule has 5 nitrogen and oxygen atoms in total. The smallest absolute Gasteiger partial charge is 0.335 e. The molecule has 134 valence electrons. The van der Waals surface area contributed by atoms with Gasteiger partial charge in [0.2, 0.25) is 0 Å². The van der Waals surface area contributed by atoms with E-state index in [1.807, 2.05) is 0 Å². The monoisotopic (exact) mass is 387 g/mol. The molecule has 0 fully saturated rings. The van der Waals surface area contributed by atoms with Crippen LogP contribution in [0.2, 0.25) is 0 Å². The number of alkyl halides is 2. The second-order valence-electron chi connectivity index (χ2n) is 5.20. The molecule has 0 atom stereocenters. The lowest BCUT2D eigenvalue weighted by molar-refractivity contribution is 0.0696. The number of anilines is 1. The molecule has 0 aromatic heterocycles. The van der Waals surface area contributed by atoms with Crippen LogP contribution in [0, 0.1) is 13.8 Å². The van der Waals surface area contributed by atoms with Crippen molar-refractivity contribution in [2.45, 2.75) is 29.4 Å². The highest BCUT2D eigenvalue weighted by Crippen LogP contribution is 2.33. The van der Waals surface area contributed by atoms with E-state index in [-0.39, 0.29) is 32.8 Å². The molecule has 0 spiro atoms. The minimum Gasteiger partial charge on any atom is -0.478 e. The number of para-hydroxylation sites is 1. The van der Waals surface area contributed by atoms with Crippen molar-refractivity contribution in [3.05, 3.63) is 53.1 Å². The molecule has 2 aromatic carbocycles. The van der Waals surface area contributed by atoms with Crippen LogP contribution in [0.1, 0.15) is 21.5 Å². The fraction of sp³-hybridized carbons (Fsp3) is 0.188. The molecule has 2 rings (SSSR count). The molecular formula is C16H15F2NO4S2. The number of carbonyl (C=O) groups is 1. The molecule has 0 bridgehead atoms. The van der Waals surface area contributed by atoms with Crippen LogP contribution >= 0.6 is 11.8 Å². The number of hydrogen-bond acceptors (Lipinski definition) is 4. The maximum atomic E-state index is 12.7. The Morgan fingerprint density at radius 1 is 1.20 bits per heavy atom. The predicted octanol–water partition coefficient (Wildman–Crippen LogP) is 4.12. The molecule has 0 unspecified atom stereocenters. The minimum atomic E-state index is -4.15. The zero-order valence-electron chi connectivity index (χ0n) is 13.3. The molecule has 0 radical (unpaired) electrons. The number of sulfonamides is 1. The van der Waals surface area contributed by atoms with Gasteiger partial charge < -0.3 is 5.11 Å². The quantitative estimate of drug-likeness (QED) is 0.729. The normalized spacial score (nSPS) is 11.6. The minimum absolute atomic E-state index is 0.00517. The van der Waals surface area contributed by atoms with Crippen molar-refractivity contribution in [1.29, 1.82) is 0 Å². The summed E-state index contributed by atoms with van der Waals surface area (Å²) in [4.78, 5) is 11.0. The van der Waals surface area contributed by atoms with Crippen LogP contribution in [0.5, 0.6) is 0 Å². The molecule has 0 heterocycles. The van der Waals surface area contributed by atoms with E-state index in [1.165, 1.54) is 30.3 Å². The number of benzene rings is 2. The Balaban J connectivity index is 2.49. The lowest BCUT2D eigenvalue weighted by Gasteiger charge is -2.15. The third kappa shape index (κ3) is 4.49. The van der Waals surface area contributed by atoms with Crippen LogP contribution < -0.4 is 4.72 Å². The fourth-order valence-corrected chi connectivity index (χ4v) is 4.26. The first-order valence-corrected chi connectivity index (χ1v) is 9.39. The number of halogens is 2. The lowest BCUT2D eigenvalue weighted by atomic mass is 10.1. The number of thioether (sulfide) groups is 1. The Morgan fingerprint density at radius 3 is 2.44 bits per heavy atom. The van der Waals surface area contributed by atoms with E-state index in [2.05, 4.69) is 4.72 Å². The van der Waals surface area contributed by atoms with E-state index in [4.69, 9.17) is 5.11 Å². The third-order valence-electron chi connectivity index (χ3n) is 3.50. The van der Waals surface area contributed by atoms with Crippen LogP contribution in [0.15, 0.2) is 46.2 Å². The summed E-state index contributed by atoms with van der Waals surface area (Å²) in [5.41, 5.74) is 0.719. The van der Waals surface area contributed by atoms with Gasteiger partial charge in [0, 0.05) is 4.90 Å². The van der Waals surface area contributed by atoms with Crippen molar-refractivity contribution in [1.82, 2.24) is 0 Å². The van der Waals surface area contributed by atoms with Gasteiger partial charge in [-0.05, 0) is 49.2 Å². The predicted molar refractivity (Wildman–Crippen MR) is 92.0 cm³/mol. The molecule has 0 aliphatic heterocycles. The van der Waals surface area contributed by atoms with E-state index in [9.17, 15) is 22.0 Å². The van der Waals surface area contributed by atoms with Crippen molar-refractivity contribution in [3.8, 4) is 0 Å². The first-order valence-electron chi connectivity index (χ1n) is 7.03. The zero-order valence-corrected chi connectivity index (χ0v) is 14.9. The largest absolute Gasteiger partial charge is 0.478 e. The Hall–Kier alpha value is -2.13. The summed E-state index contributed by atoms with van der Waals surface area (Å²) in [6, 6.07) is 8.20. The van der Waals surface area contributed by atoms with Gasteiger partial charge in [-0.3, -0.25) is 4.72 Å². The van der Waals surface area contributed by atoms with Gasteiger partial charge in [-0.1, -0.05) is 23.9 Å². The first kappa shape index (κ1) is 19.2. The maximum Gasteiger partial charge on any atom is 0.335 e. The van der Waals surface area contributed by atoms with Crippen LogP contribution in [-0.4, -0.2) is 25.3 Å². The Morgan fingerprint density at radius 2 is 1.84 bits per heavy atom. The van der Waals surface area contributed by atoms with Crippen LogP contribution in [-0.2, 0) is 10.0 Å². The van der Waals surface area contributed by atoms with Crippen molar-refractivity contribution < 1.29 is 27.1 Å². The molecular weight excluding hydrogens is 372 g/mol. The Labute approximate surface area is 148 Å². The number of nitrogens with one attached hydrogen (secondary N) is 1. The van der Waals surface area contributed by atoms with Gasteiger partial charge in [0.15, 0.2) is 0 Å². The third-order valence-corrected chi connectivity index (χ3v) is 5.78. The van der Waals surface area contributed by atoms with Gasteiger partial charge in [-0.25, -0.2) is 13.2 Å². The average Bonchev–Trinajstić information content (AvgIpc) is 2.50. The van der Waals surface area contributed by atoms with E-state index in [0.717, 1.165) is 6.07 Å². The summed E-state index contributed by atoms with van der Waals surface area (Å²) in [7, 11) is -4.15. The molecule has 0 saturated heterocycles. The standard InChI is InChI=1S/C16H15F2NO4S2/c1-9-7-11(15(20)21)8-14(10(9)2)25(22,23)19-12-5-3-4-6-13(12)24-16(17)18/h3-8,16,19H,1-2H3,(H,20,21). The Kier molecular flexibility index (Phi) is 5.69. The highest BCUT2D eigenvalue weighted by Gasteiger charge is 2.22. The van der Waals surface area contributed by atoms with Crippen molar-refractivity contribution >= 4 is 33.4 Å². The summed E-state index contributed by atoms with van der Waals surface area (Å²) < 4.78 is 52.9. The number of rotatable bonds is 6. The van der Waals surface area contributed by atoms with Crippen LogP contribution in [0.3, 0.4) is 0 Å². The van der Waals surface area contributed by atoms with Gasteiger partial charge in [0.05, 0.1) is 16.1 Å². The second-order valence-corrected chi connectivity index (χ2v) is 7.88. The fourth-order valence-electron chi connectivity index (χ4n) is 2.18. The van der Waals surface area contributed by atoms with Gasteiger partial charge in [0.1, 0.15) is 0 Å². The van der Waals surface area contributed by atoms with E-state index in [1.54, 1.807) is 13.8 Å². The summed E-state index contributed by atoms with van der Waals surface area (Å²) >= 11 is 0.222. The molecule has 0 saturated carbocycles. The van der Waals surface area contributed by atoms with Crippen molar-refractivity contribution in [2.24, 2.45) is 0 Å². The molecule has 0 aliphatic rings. The maximum absolute atomic E-state index is 12.7. The second kappa shape index (κ2) is 7.40. The average molecular weight is 387 g/mol. The number of carboxylic acids is 1. The van der Waals surface area contributed by atoms with Gasteiger partial charge in [-0.15, -0.1) is 0 Å². The number of carboxylic acid groups (broad SMARTS) is 1. The summed E-state index contributed by atoms with van der Waals surface area (Å²) in [6.07, 6.45) is 0. The van der Waals surface area contributed by atoms with E-state index >= 15 is 0 Å². The SMILES string of the molecule is Cc1cc(C(=O)O)cc(S(=O)(=O)Nc2ccccc2SC(F)F)c1C. The summed E-state index contributed by atoms with van der Waals surface area (Å²) in [6.45, 7) is 3.15. The van der Waals surface area contributed by atoms with E-state index in [0.29, 0.717) is 11.1 Å². The number of aryl methyl sites for hydroxylation is 1. The van der Waals surface area contributed by atoms with Gasteiger partial charge in [-0.2, -0.15) is 8.78 Å². The zero-order chi connectivity index (χ0) is 18.8. The summed E-state index contributed by atoms with van der Waals surface area (Å²) in [5, 5.41) is 9.12. The van der Waals surface area contributed by atoms with Crippen molar-refractivity contribution in [2.75, 3.05) is 4.72 Å². The molecule has 25 heavy (non-hydrogen) atoms. The highest BCUT2D eigenvalue weighted by atomic mass is 32.2. The number of aromatic carboxylic acids is 1. The molecule has 0 aliphatic carbocycles. The topological polar surface area (TPSA) is 83.5 Å². The highest BCUT2D eigenvalue weighted by molar-refractivity contribution is 7.99. The van der Waals surface area contributed by atoms with Crippen molar-refractivity contribution in [3.63, 3.8) is 0 Å². The first-order chi connectivity index (χ1) is 11.6. The molecule has 2 aromatic rings. The summed E-state index contributed by atoms with van der Waals surface area (Å²) in [5.74, 6) is -3.96. The molecule has 9 heteroatoms. The van der Waals surface area contributed by atoms with Gasteiger partial charge in [0.25, 0.3) is 15.8 Å². The van der Waals surface area contributed by atoms with E-state index < -0.39 is 21.8 Å². The van der Waals surface area contributed by atoms with Crippen LogP contribution in [0.25, 0.3) is 0 Å². The molecule has 0 amide bonds. The van der Waals surface area contributed by atoms with Crippen LogP contribution in [0.4, 0.5) is 14.5 Å².